The maximum absolute atomic E-state index is 13.6. The highest BCUT2D eigenvalue weighted by atomic mass is 32.1. The predicted octanol–water partition coefficient (Wildman–Crippen LogP) is 5.08. The molecule has 1 fully saturated rings. The maximum atomic E-state index is 13.6. The molecule has 0 spiro atoms. The molecule has 1 atom stereocenters. The van der Waals surface area contributed by atoms with E-state index in [1.165, 1.54) is 29.0 Å². The first kappa shape index (κ1) is 18.8. The van der Waals surface area contributed by atoms with E-state index in [1.807, 2.05) is 36.6 Å². The van der Waals surface area contributed by atoms with Crippen molar-refractivity contribution in [2.75, 3.05) is 18.1 Å². The molecule has 4 nitrogen and oxygen atoms in total. The van der Waals surface area contributed by atoms with E-state index in [4.69, 9.17) is 9.72 Å². The molecule has 1 aliphatic rings. The average molecular weight is 396 g/mol. The third kappa shape index (κ3) is 4.13. The summed E-state index contributed by atoms with van der Waals surface area (Å²) in [6, 6.07) is 13.9. The van der Waals surface area contributed by atoms with E-state index in [0.717, 1.165) is 24.1 Å². The van der Waals surface area contributed by atoms with Crippen LogP contribution in [-0.4, -0.2) is 30.1 Å². The molecule has 0 saturated carbocycles. The van der Waals surface area contributed by atoms with Crippen molar-refractivity contribution in [1.29, 1.82) is 0 Å². The highest BCUT2D eigenvalue weighted by Gasteiger charge is 2.27. The van der Waals surface area contributed by atoms with Crippen molar-refractivity contribution in [3.05, 3.63) is 70.9 Å². The predicted molar refractivity (Wildman–Crippen MR) is 109 cm³/mol. The minimum Gasteiger partial charge on any atom is -0.376 e. The zero-order chi connectivity index (χ0) is 19.5. The van der Waals surface area contributed by atoms with Crippen LogP contribution < -0.4 is 4.90 Å². The molecule has 0 radical (unpaired) electrons. The molecule has 1 aromatic heterocycles. The van der Waals surface area contributed by atoms with Crippen LogP contribution in [0.2, 0.25) is 0 Å². The fourth-order valence-electron chi connectivity index (χ4n) is 3.26. The normalized spacial score (nSPS) is 16.3. The Bertz CT molecular complexity index is 965. The number of aromatic nitrogens is 1. The molecule has 0 N–H and O–H groups in total. The Morgan fingerprint density at radius 3 is 2.82 bits per heavy atom. The average Bonchev–Trinajstić information content (AvgIpc) is 3.38. The van der Waals surface area contributed by atoms with E-state index in [1.54, 1.807) is 17.0 Å². The fourth-order valence-corrected chi connectivity index (χ4v) is 4.10. The summed E-state index contributed by atoms with van der Waals surface area (Å²) in [7, 11) is 0. The lowest BCUT2D eigenvalue weighted by Crippen LogP contribution is -2.37. The van der Waals surface area contributed by atoms with Gasteiger partial charge in [0.05, 0.1) is 18.3 Å². The van der Waals surface area contributed by atoms with Gasteiger partial charge in [0.15, 0.2) is 5.13 Å². The first-order valence-electron chi connectivity index (χ1n) is 9.32. The van der Waals surface area contributed by atoms with E-state index in [0.29, 0.717) is 23.8 Å². The van der Waals surface area contributed by atoms with Crippen molar-refractivity contribution < 1.29 is 13.9 Å². The number of halogens is 1. The number of nitrogens with zero attached hydrogens (tertiary/aromatic N) is 2. The molecule has 2 aromatic carbocycles. The lowest BCUT2D eigenvalue weighted by atomic mass is 10.1. The summed E-state index contributed by atoms with van der Waals surface area (Å²) < 4.78 is 19.4. The fraction of sp³-hybridized carbons (Fsp3) is 0.273. The van der Waals surface area contributed by atoms with Crippen LogP contribution in [0.5, 0.6) is 0 Å². The largest absolute Gasteiger partial charge is 0.376 e. The van der Waals surface area contributed by atoms with Crippen molar-refractivity contribution in [3.8, 4) is 11.3 Å². The maximum Gasteiger partial charge on any atom is 0.260 e. The highest BCUT2D eigenvalue weighted by Crippen LogP contribution is 2.30. The number of amides is 1. The van der Waals surface area contributed by atoms with Crippen LogP contribution in [0.3, 0.4) is 0 Å². The number of aryl methyl sites for hydroxylation is 1. The lowest BCUT2D eigenvalue weighted by molar-refractivity contribution is 0.0917. The molecule has 2 heterocycles. The van der Waals surface area contributed by atoms with Crippen molar-refractivity contribution in [2.24, 2.45) is 0 Å². The summed E-state index contributed by atoms with van der Waals surface area (Å²) in [5.74, 6) is -0.692. The molecule has 4 rings (SSSR count). The minimum atomic E-state index is -0.428. The van der Waals surface area contributed by atoms with Gasteiger partial charge >= 0.3 is 0 Å². The quantitative estimate of drug-likeness (QED) is 0.604. The van der Waals surface area contributed by atoms with Crippen molar-refractivity contribution in [1.82, 2.24) is 4.98 Å². The summed E-state index contributed by atoms with van der Waals surface area (Å²) >= 11 is 1.41. The SMILES string of the molecule is Cc1ccc(-c2csc(N(C[C@H]3CCCO3)C(=O)c3cccc(F)c3)n2)cc1. The number of hydrogen-bond donors (Lipinski definition) is 0. The number of anilines is 1. The molecular formula is C22H21FN2O2S. The van der Waals surface area contributed by atoms with Gasteiger partial charge in [-0.1, -0.05) is 35.9 Å². The standard InChI is InChI=1S/C22H21FN2O2S/c1-15-7-9-16(10-8-15)20-14-28-22(24-20)25(13-19-6-3-11-27-19)21(26)17-4-2-5-18(23)12-17/h2,4-5,7-10,12,14,19H,3,6,11,13H2,1H3/t19-/m1/s1. The summed E-state index contributed by atoms with van der Waals surface area (Å²) in [4.78, 5) is 19.5. The van der Waals surface area contributed by atoms with Gasteiger partial charge in [0.25, 0.3) is 5.91 Å². The smallest absolute Gasteiger partial charge is 0.260 e. The van der Waals surface area contributed by atoms with Gasteiger partial charge in [0.2, 0.25) is 0 Å². The molecule has 3 aromatic rings. The lowest BCUT2D eigenvalue weighted by Gasteiger charge is -2.23. The minimum absolute atomic E-state index is 0.0239. The Hall–Kier alpha value is -2.57. The number of carbonyl (C=O) groups is 1. The van der Waals surface area contributed by atoms with Crippen LogP contribution in [-0.2, 0) is 4.74 Å². The van der Waals surface area contributed by atoms with Crippen molar-refractivity contribution in [3.63, 3.8) is 0 Å². The van der Waals surface area contributed by atoms with Crippen molar-refractivity contribution >= 4 is 22.4 Å². The van der Waals surface area contributed by atoms with E-state index in [2.05, 4.69) is 0 Å². The second-order valence-corrected chi connectivity index (χ2v) is 7.78. The van der Waals surface area contributed by atoms with Crippen LogP contribution in [0, 0.1) is 12.7 Å². The van der Waals surface area contributed by atoms with E-state index in [-0.39, 0.29) is 12.0 Å². The van der Waals surface area contributed by atoms with Crippen LogP contribution in [0.4, 0.5) is 9.52 Å². The Morgan fingerprint density at radius 2 is 2.11 bits per heavy atom. The van der Waals surface area contributed by atoms with Gasteiger partial charge in [-0.3, -0.25) is 9.69 Å². The summed E-state index contributed by atoms with van der Waals surface area (Å²) in [6.07, 6.45) is 1.87. The van der Waals surface area contributed by atoms with Gasteiger partial charge in [0.1, 0.15) is 5.82 Å². The molecular weight excluding hydrogens is 375 g/mol. The molecule has 144 valence electrons. The third-order valence-electron chi connectivity index (χ3n) is 4.80. The van der Waals surface area contributed by atoms with Gasteiger partial charge < -0.3 is 4.74 Å². The zero-order valence-corrected chi connectivity index (χ0v) is 16.4. The Kier molecular flexibility index (Phi) is 5.50. The van der Waals surface area contributed by atoms with Gasteiger partial charge in [-0.05, 0) is 38.0 Å². The summed E-state index contributed by atoms with van der Waals surface area (Å²) in [6.45, 7) is 3.16. The molecule has 1 saturated heterocycles. The van der Waals surface area contributed by atoms with E-state index >= 15 is 0 Å². The van der Waals surface area contributed by atoms with Crippen molar-refractivity contribution in [2.45, 2.75) is 25.9 Å². The monoisotopic (exact) mass is 396 g/mol. The second-order valence-electron chi connectivity index (χ2n) is 6.94. The number of ether oxygens (including phenoxy) is 1. The summed E-state index contributed by atoms with van der Waals surface area (Å²) in [5.41, 5.74) is 3.32. The van der Waals surface area contributed by atoms with Crippen LogP contribution in [0.25, 0.3) is 11.3 Å². The second kappa shape index (κ2) is 8.20. The molecule has 1 aliphatic heterocycles. The number of carbonyl (C=O) groups excluding carboxylic acids is 1. The van der Waals surface area contributed by atoms with Crippen LogP contribution in [0.1, 0.15) is 28.8 Å². The van der Waals surface area contributed by atoms with Gasteiger partial charge in [0, 0.05) is 23.1 Å². The molecule has 28 heavy (non-hydrogen) atoms. The van der Waals surface area contributed by atoms with Gasteiger partial charge in [-0.15, -0.1) is 11.3 Å². The van der Waals surface area contributed by atoms with Gasteiger partial charge in [-0.2, -0.15) is 0 Å². The molecule has 0 aliphatic carbocycles. The van der Waals surface area contributed by atoms with E-state index in [9.17, 15) is 9.18 Å². The number of thiazole rings is 1. The first-order valence-corrected chi connectivity index (χ1v) is 10.2. The third-order valence-corrected chi connectivity index (χ3v) is 5.66. The first-order chi connectivity index (χ1) is 13.6. The summed E-state index contributed by atoms with van der Waals surface area (Å²) in [5, 5.41) is 2.54. The molecule has 1 amide bonds. The Morgan fingerprint density at radius 1 is 1.29 bits per heavy atom. The zero-order valence-electron chi connectivity index (χ0n) is 15.6. The molecule has 0 bridgehead atoms. The topological polar surface area (TPSA) is 42.4 Å². The number of hydrogen-bond acceptors (Lipinski definition) is 4. The van der Waals surface area contributed by atoms with Crippen LogP contribution in [0.15, 0.2) is 53.9 Å². The highest BCUT2D eigenvalue weighted by molar-refractivity contribution is 7.14. The Balaban J connectivity index is 1.65. The molecule has 6 heteroatoms. The number of benzene rings is 2. The van der Waals surface area contributed by atoms with Gasteiger partial charge in [-0.25, -0.2) is 9.37 Å². The number of rotatable bonds is 5. The molecule has 0 unspecified atom stereocenters. The van der Waals surface area contributed by atoms with Crippen LogP contribution >= 0.6 is 11.3 Å². The Labute approximate surface area is 167 Å². The van der Waals surface area contributed by atoms with E-state index < -0.39 is 5.82 Å².